The van der Waals surface area contributed by atoms with Crippen LogP contribution in [0, 0.1) is 0 Å². The van der Waals surface area contributed by atoms with E-state index in [-0.39, 0.29) is 18.9 Å². The topological polar surface area (TPSA) is 76.7 Å². The van der Waals surface area contributed by atoms with E-state index >= 15 is 0 Å². The molecule has 1 rings (SSSR count). The largest absolute Gasteiger partial charge is 0.395 e. The molecule has 0 aromatic heterocycles. The number of nitrogens with zero attached hydrogens (tertiary/aromatic N) is 1. The van der Waals surface area contributed by atoms with Crippen molar-refractivity contribution in [2.75, 3.05) is 6.61 Å². The summed E-state index contributed by atoms with van der Waals surface area (Å²) in [6.07, 6.45) is 0.196. The highest BCUT2D eigenvalue weighted by Crippen LogP contribution is 2.01. The molecule has 0 unspecified atom stereocenters. The van der Waals surface area contributed by atoms with Gasteiger partial charge in [0.15, 0.2) is 0 Å². The van der Waals surface area contributed by atoms with Gasteiger partial charge in [0.2, 0.25) is 5.91 Å². The van der Waals surface area contributed by atoms with E-state index in [9.17, 15) is 4.79 Å². The smallest absolute Gasteiger partial charge is 0.237 e. The molecule has 0 aliphatic carbocycles. The number of carbonyl (C=O) groups is 1. The molecule has 1 aromatic carbocycles. The van der Waals surface area contributed by atoms with Crippen LogP contribution >= 0.6 is 0 Å². The number of nitrogens with two attached hydrogens (primary N) is 1. The van der Waals surface area contributed by atoms with Gasteiger partial charge in [-0.3, -0.25) is 10.2 Å². The molecule has 0 bridgehead atoms. The van der Waals surface area contributed by atoms with Crippen molar-refractivity contribution in [1.82, 2.24) is 5.43 Å². The fourth-order valence-electron chi connectivity index (χ4n) is 1.09. The average molecular weight is 221 g/mol. The second kappa shape index (κ2) is 6.58. The molecule has 1 aromatic rings. The standard InChI is InChI=1S/C11H15N3O2/c1-9(10-5-3-2-4-6-10)14-16-8-7-11(15)13-12/h2-6H,7-8,12H2,1H3,(H,13,15). The maximum atomic E-state index is 10.8. The Bertz CT molecular complexity index is 363. The number of rotatable bonds is 5. The first-order valence-corrected chi connectivity index (χ1v) is 4.95. The molecule has 5 heteroatoms. The first-order chi connectivity index (χ1) is 7.74. The Labute approximate surface area is 94.2 Å². The van der Waals surface area contributed by atoms with E-state index in [0.29, 0.717) is 0 Å². The number of benzene rings is 1. The quantitative estimate of drug-likeness (QED) is 0.254. The molecule has 1 amide bonds. The number of hydrogen-bond donors (Lipinski definition) is 2. The summed E-state index contributed by atoms with van der Waals surface area (Å²) in [5.41, 5.74) is 3.78. The van der Waals surface area contributed by atoms with Gasteiger partial charge in [-0.05, 0) is 12.5 Å². The van der Waals surface area contributed by atoms with E-state index in [1.165, 1.54) is 0 Å². The van der Waals surface area contributed by atoms with Crippen molar-refractivity contribution in [2.24, 2.45) is 11.0 Å². The van der Waals surface area contributed by atoms with Crippen LogP contribution in [0.4, 0.5) is 0 Å². The minimum Gasteiger partial charge on any atom is -0.395 e. The number of hydrogen-bond acceptors (Lipinski definition) is 4. The molecule has 0 atom stereocenters. The highest BCUT2D eigenvalue weighted by molar-refractivity contribution is 5.98. The Morgan fingerprint density at radius 1 is 1.44 bits per heavy atom. The number of amides is 1. The van der Waals surface area contributed by atoms with Crippen LogP contribution in [0.5, 0.6) is 0 Å². The van der Waals surface area contributed by atoms with Crippen LogP contribution in [0.25, 0.3) is 0 Å². The summed E-state index contributed by atoms with van der Waals surface area (Å²) in [6.45, 7) is 2.06. The molecule has 5 nitrogen and oxygen atoms in total. The molecule has 0 heterocycles. The van der Waals surface area contributed by atoms with Crippen LogP contribution in [0.2, 0.25) is 0 Å². The van der Waals surface area contributed by atoms with Crippen LogP contribution < -0.4 is 11.3 Å². The predicted octanol–water partition coefficient (Wildman–Crippen LogP) is 0.807. The number of oxime groups is 1. The van der Waals surface area contributed by atoms with Crippen molar-refractivity contribution in [3.8, 4) is 0 Å². The number of nitrogens with one attached hydrogen (secondary N) is 1. The second-order valence-corrected chi connectivity index (χ2v) is 3.19. The summed E-state index contributed by atoms with van der Waals surface area (Å²) < 4.78 is 0. The first-order valence-electron chi connectivity index (χ1n) is 4.95. The Morgan fingerprint density at radius 2 is 2.12 bits per heavy atom. The molecular weight excluding hydrogens is 206 g/mol. The van der Waals surface area contributed by atoms with Gasteiger partial charge >= 0.3 is 0 Å². The summed E-state index contributed by atoms with van der Waals surface area (Å²) >= 11 is 0. The molecule has 0 fully saturated rings. The van der Waals surface area contributed by atoms with Crippen molar-refractivity contribution in [1.29, 1.82) is 0 Å². The average Bonchev–Trinajstić information content (AvgIpc) is 2.35. The SMILES string of the molecule is CC(=NOCCC(=O)NN)c1ccccc1. The summed E-state index contributed by atoms with van der Waals surface area (Å²) in [5, 5.41) is 3.90. The third kappa shape index (κ3) is 4.10. The van der Waals surface area contributed by atoms with Gasteiger partial charge in [-0.15, -0.1) is 0 Å². The molecule has 0 saturated carbocycles. The van der Waals surface area contributed by atoms with E-state index < -0.39 is 0 Å². The van der Waals surface area contributed by atoms with Crippen molar-refractivity contribution in [3.63, 3.8) is 0 Å². The molecule has 0 saturated heterocycles. The van der Waals surface area contributed by atoms with Crippen LogP contribution in [-0.4, -0.2) is 18.2 Å². The second-order valence-electron chi connectivity index (χ2n) is 3.19. The Balaban J connectivity index is 2.38. The molecule has 0 aliphatic heterocycles. The highest BCUT2D eigenvalue weighted by atomic mass is 16.6. The maximum Gasteiger partial charge on any atom is 0.237 e. The lowest BCUT2D eigenvalue weighted by molar-refractivity contribution is -0.122. The highest BCUT2D eigenvalue weighted by Gasteiger charge is 1.98. The number of carbonyl (C=O) groups excluding carboxylic acids is 1. The van der Waals surface area contributed by atoms with Crippen molar-refractivity contribution in [3.05, 3.63) is 35.9 Å². The molecule has 0 spiro atoms. The first kappa shape index (κ1) is 12.2. The molecule has 0 radical (unpaired) electrons. The van der Waals surface area contributed by atoms with E-state index in [0.717, 1.165) is 11.3 Å². The van der Waals surface area contributed by atoms with Gasteiger partial charge in [0.25, 0.3) is 0 Å². The third-order valence-electron chi connectivity index (χ3n) is 1.97. The summed E-state index contributed by atoms with van der Waals surface area (Å²) in [4.78, 5) is 15.8. The minimum atomic E-state index is -0.271. The number of hydrazine groups is 1. The Kier molecular flexibility index (Phi) is 5.01. The predicted molar refractivity (Wildman–Crippen MR) is 61.6 cm³/mol. The van der Waals surface area contributed by atoms with E-state index in [1.54, 1.807) is 0 Å². The van der Waals surface area contributed by atoms with Gasteiger partial charge in [0.1, 0.15) is 6.61 Å². The van der Waals surface area contributed by atoms with Crippen molar-refractivity contribution < 1.29 is 9.63 Å². The summed E-state index contributed by atoms with van der Waals surface area (Å²) in [5.74, 6) is 4.64. The zero-order valence-electron chi connectivity index (χ0n) is 9.14. The Hall–Kier alpha value is -1.88. The Morgan fingerprint density at radius 3 is 2.75 bits per heavy atom. The fourth-order valence-corrected chi connectivity index (χ4v) is 1.09. The lowest BCUT2D eigenvalue weighted by Crippen LogP contribution is -2.30. The van der Waals surface area contributed by atoms with Crippen LogP contribution in [-0.2, 0) is 9.63 Å². The molecule has 0 aliphatic rings. The maximum absolute atomic E-state index is 10.8. The van der Waals surface area contributed by atoms with Crippen LogP contribution in [0.3, 0.4) is 0 Å². The van der Waals surface area contributed by atoms with E-state index in [4.69, 9.17) is 10.7 Å². The van der Waals surface area contributed by atoms with E-state index in [1.807, 2.05) is 42.7 Å². The van der Waals surface area contributed by atoms with E-state index in [2.05, 4.69) is 5.16 Å². The monoisotopic (exact) mass is 221 g/mol. The van der Waals surface area contributed by atoms with Gasteiger partial charge in [0.05, 0.1) is 12.1 Å². The third-order valence-corrected chi connectivity index (χ3v) is 1.97. The van der Waals surface area contributed by atoms with Gasteiger partial charge in [-0.2, -0.15) is 0 Å². The molecule has 16 heavy (non-hydrogen) atoms. The van der Waals surface area contributed by atoms with Gasteiger partial charge in [0, 0.05) is 0 Å². The minimum absolute atomic E-state index is 0.196. The molecule has 86 valence electrons. The lowest BCUT2D eigenvalue weighted by Gasteiger charge is -2.01. The van der Waals surface area contributed by atoms with Gasteiger partial charge < -0.3 is 4.84 Å². The van der Waals surface area contributed by atoms with Crippen molar-refractivity contribution in [2.45, 2.75) is 13.3 Å². The summed E-state index contributed by atoms with van der Waals surface area (Å²) in [7, 11) is 0. The zero-order chi connectivity index (χ0) is 11.8. The zero-order valence-corrected chi connectivity index (χ0v) is 9.14. The molecular formula is C11H15N3O2. The normalized spacial score (nSPS) is 11.0. The van der Waals surface area contributed by atoms with Crippen LogP contribution in [0.15, 0.2) is 35.5 Å². The van der Waals surface area contributed by atoms with Gasteiger partial charge in [-0.25, -0.2) is 5.84 Å². The summed E-state index contributed by atoms with van der Waals surface area (Å²) in [6, 6.07) is 9.67. The van der Waals surface area contributed by atoms with Crippen molar-refractivity contribution >= 4 is 11.6 Å². The van der Waals surface area contributed by atoms with Gasteiger partial charge in [-0.1, -0.05) is 35.5 Å². The fraction of sp³-hybridized carbons (Fsp3) is 0.273. The van der Waals surface area contributed by atoms with Crippen LogP contribution in [0.1, 0.15) is 18.9 Å². The molecule has 3 N–H and O–H groups in total. The lowest BCUT2D eigenvalue weighted by atomic mass is 10.1.